The van der Waals surface area contributed by atoms with Crippen molar-refractivity contribution in [2.45, 2.75) is 20.4 Å². The standard InChI is InChI=1S/C16H20N4OS/c1-12-15(22-13(2)18-12)16(21)20-9-7-19(8-10-20)11-14-5-3-4-6-17-14/h3-6H,7-11H2,1-2H3. The number of aryl methyl sites for hydroxylation is 2. The average molecular weight is 316 g/mol. The van der Waals surface area contributed by atoms with Gasteiger partial charge in [0.1, 0.15) is 4.88 Å². The number of pyridine rings is 1. The van der Waals surface area contributed by atoms with Crippen molar-refractivity contribution < 1.29 is 4.79 Å². The van der Waals surface area contributed by atoms with Crippen LogP contribution >= 0.6 is 11.3 Å². The molecule has 0 spiro atoms. The quantitative estimate of drug-likeness (QED) is 0.870. The van der Waals surface area contributed by atoms with Gasteiger partial charge >= 0.3 is 0 Å². The second kappa shape index (κ2) is 6.54. The third-order valence-corrected chi connectivity index (χ3v) is 4.93. The Labute approximate surface area is 134 Å². The summed E-state index contributed by atoms with van der Waals surface area (Å²) in [4.78, 5) is 26.3. The minimum absolute atomic E-state index is 0.126. The zero-order valence-electron chi connectivity index (χ0n) is 13.0. The van der Waals surface area contributed by atoms with Crippen LogP contribution in [0.5, 0.6) is 0 Å². The minimum atomic E-state index is 0.126. The summed E-state index contributed by atoms with van der Waals surface area (Å²) in [6.07, 6.45) is 1.82. The molecule has 22 heavy (non-hydrogen) atoms. The lowest BCUT2D eigenvalue weighted by molar-refractivity contribution is 0.0631. The molecule has 0 radical (unpaired) electrons. The van der Waals surface area contributed by atoms with Gasteiger partial charge < -0.3 is 4.90 Å². The van der Waals surface area contributed by atoms with E-state index in [1.807, 2.05) is 43.1 Å². The van der Waals surface area contributed by atoms with Gasteiger partial charge in [0.25, 0.3) is 5.91 Å². The SMILES string of the molecule is Cc1nc(C)c(C(=O)N2CCN(Cc3ccccn3)CC2)s1. The molecule has 3 heterocycles. The van der Waals surface area contributed by atoms with E-state index < -0.39 is 0 Å². The Bertz CT molecular complexity index is 647. The van der Waals surface area contributed by atoms with E-state index in [2.05, 4.69) is 14.9 Å². The fraction of sp³-hybridized carbons (Fsp3) is 0.438. The van der Waals surface area contributed by atoms with Crippen molar-refractivity contribution in [2.24, 2.45) is 0 Å². The first-order valence-corrected chi connectivity index (χ1v) is 8.30. The fourth-order valence-corrected chi connectivity index (χ4v) is 3.59. The van der Waals surface area contributed by atoms with Crippen LogP contribution in [0.2, 0.25) is 0 Å². The summed E-state index contributed by atoms with van der Waals surface area (Å²) >= 11 is 1.49. The van der Waals surface area contributed by atoms with E-state index in [0.29, 0.717) is 0 Å². The minimum Gasteiger partial charge on any atom is -0.335 e. The molecule has 0 saturated carbocycles. The summed E-state index contributed by atoms with van der Waals surface area (Å²) < 4.78 is 0. The molecule has 1 fully saturated rings. The van der Waals surface area contributed by atoms with E-state index >= 15 is 0 Å². The number of rotatable bonds is 3. The zero-order valence-corrected chi connectivity index (χ0v) is 13.8. The van der Waals surface area contributed by atoms with Gasteiger partial charge in [-0.15, -0.1) is 11.3 Å². The van der Waals surface area contributed by atoms with Crippen molar-refractivity contribution in [1.29, 1.82) is 0 Å². The molecule has 116 valence electrons. The van der Waals surface area contributed by atoms with Crippen LogP contribution < -0.4 is 0 Å². The third-order valence-electron chi connectivity index (χ3n) is 3.87. The molecule has 2 aromatic rings. The van der Waals surface area contributed by atoms with Gasteiger partial charge in [-0.3, -0.25) is 14.7 Å². The fourth-order valence-electron chi connectivity index (χ4n) is 2.70. The van der Waals surface area contributed by atoms with Gasteiger partial charge in [0, 0.05) is 38.9 Å². The largest absolute Gasteiger partial charge is 0.335 e. The van der Waals surface area contributed by atoms with E-state index in [1.54, 1.807) is 0 Å². The van der Waals surface area contributed by atoms with Crippen LogP contribution in [0, 0.1) is 13.8 Å². The summed E-state index contributed by atoms with van der Waals surface area (Å²) in [7, 11) is 0. The summed E-state index contributed by atoms with van der Waals surface area (Å²) in [5.74, 6) is 0.126. The molecule has 0 N–H and O–H groups in total. The Morgan fingerprint density at radius 3 is 2.59 bits per heavy atom. The molecular formula is C16H20N4OS. The second-order valence-corrected chi connectivity index (χ2v) is 6.74. The van der Waals surface area contributed by atoms with Gasteiger partial charge in [0.15, 0.2) is 0 Å². The molecule has 1 aliphatic heterocycles. The highest BCUT2D eigenvalue weighted by atomic mass is 32.1. The van der Waals surface area contributed by atoms with Crippen molar-refractivity contribution in [3.63, 3.8) is 0 Å². The van der Waals surface area contributed by atoms with Gasteiger partial charge in [-0.25, -0.2) is 4.98 Å². The number of nitrogens with zero attached hydrogens (tertiary/aromatic N) is 4. The maximum atomic E-state index is 12.6. The number of thiazole rings is 1. The maximum Gasteiger partial charge on any atom is 0.265 e. The second-order valence-electron chi connectivity index (χ2n) is 5.54. The number of piperazine rings is 1. The Morgan fingerprint density at radius 1 is 1.23 bits per heavy atom. The smallest absolute Gasteiger partial charge is 0.265 e. The molecule has 1 saturated heterocycles. The Morgan fingerprint density at radius 2 is 2.00 bits per heavy atom. The van der Waals surface area contributed by atoms with Crippen LogP contribution in [0.25, 0.3) is 0 Å². The Hall–Kier alpha value is -1.79. The normalized spacial score (nSPS) is 16.0. The van der Waals surface area contributed by atoms with E-state index in [0.717, 1.165) is 54.0 Å². The highest BCUT2D eigenvalue weighted by Crippen LogP contribution is 2.20. The molecule has 6 heteroatoms. The van der Waals surface area contributed by atoms with Crippen molar-refractivity contribution in [3.8, 4) is 0 Å². The summed E-state index contributed by atoms with van der Waals surface area (Å²) in [6, 6.07) is 5.98. The number of carbonyl (C=O) groups is 1. The predicted octanol–water partition coefficient (Wildman–Crippen LogP) is 2.11. The van der Waals surface area contributed by atoms with E-state index in [-0.39, 0.29) is 5.91 Å². The van der Waals surface area contributed by atoms with Crippen LogP contribution in [0.15, 0.2) is 24.4 Å². The first-order chi connectivity index (χ1) is 10.6. The van der Waals surface area contributed by atoms with E-state index in [4.69, 9.17) is 0 Å². The number of hydrogen-bond acceptors (Lipinski definition) is 5. The van der Waals surface area contributed by atoms with Crippen LogP contribution in [-0.4, -0.2) is 51.9 Å². The molecule has 1 amide bonds. The lowest BCUT2D eigenvalue weighted by Crippen LogP contribution is -2.48. The molecule has 0 unspecified atom stereocenters. The highest BCUT2D eigenvalue weighted by molar-refractivity contribution is 7.13. The Kier molecular flexibility index (Phi) is 4.49. The van der Waals surface area contributed by atoms with E-state index in [9.17, 15) is 4.79 Å². The van der Waals surface area contributed by atoms with Crippen LogP contribution in [-0.2, 0) is 6.54 Å². The molecule has 0 atom stereocenters. The van der Waals surface area contributed by atoms with Crippen LogP contribution in [0.1, 0.15) is 26.1 Å². The maximum absolute atomic E-state index is 12.6. The van der Waals surface area contributed by atoms with Crippen LogP contribution in [0.3, 0.4) is 0 Å². The summed E-state index contributed by atoms with van der Waals surface area (Å²) in [5.41, 5.74) is 1.93. The van der Waals surface area contributed by atoms with Gasteiger partial charge in [-0.1, -0.05) is 6.07 Å². The molecule has 0 bridgehead atoms. The first kappa shape index (κ1) is 15.1. The molecule has 0 aromatic carbocycles. The Balaban J connectivity index is 1.57. The molecule has 1 aliphatic rings. The lowest BCUT2D eigenvalue weighted by atomic mass is 10.2. The predicted molar refractivity (Wildman–Crippen MR) is 87.0 cm³/mol. The summed E-state index contributed by atoms with van der Waals surface area (Å²) in [6.45, 7) is 8.01. The molecule has 0 aliphatic carbocycles. The number of carbonyl (C=O) groups excluding carboxylic acids is 1. The van der Waals surface area contributed by atoms with Gasteiger partial charge in [-0.2, -0.15) is 0 Å². The number of amides is 1. The van der Waals surface area contributed by atoms with Crippen LogP contribution in [0.4, 0.5) is 0 Å². The molecule has 5 nitrogen and oxygen atoms in total. The zero-order chi connectivity index (χ0) is 15.5. The van der Waals surface area contributed by atoms with Crippen molar-refractivity contribution in [1.82, 2.24) is 19.8 Å². The lowest BCUT2D eigenvalue weighted by Gasteiger charge is -2.34. The average Bonchev–Trinajstić information content (AvgIpc) is 2.87. The summed E-state index contributed by atoms with van der Waals surface area (Å²) in [5, 5.41) is 0.953. The number of aromatic nitrogens is 2. The molecule has 2 aromatic heterocycles. The van der Waals surface area contributed by atoms with Crippen molar-refractivity contribution in [2.75, 3.05) is 26.2 Å². The number of hydrogen-bond donors (Lipinski definition) is 0. The van der Waals surface area contributed by atoms with Gasteiger partial charge in [-0.05, 0) is 26.0 Å². The topological polar surface area (TPSA) is 49.3 Å². The highest BCUT2D eigenvalue weighted by Gasteiger charge is 2.25. The first-order valence-electron chi connectivity index (χ1n) is 7.49. The molecule has 3 rings (SSSR count). The monoisotopic (exact) mass is 316 g/mol. The van der Waals surface area contributed by atoms with Crippen molar-refractivity contribution >= 4 is 17.2 Å². The third kappa shape index (κ3) is 3.34. The van der Waals surface area contributed by atoms with E-state index in [1.165, 1.54) is 11.3 Å². The van der Waals surface area contributed by atoms with Gasteiger partial charge in [0.05, 0.1) is 16.4 Å². The van der Waals surface area contributed by atoms with Crippen molar-refractivity contribution in [3.05, 3.63) is 45.7 Å². The van der Waals surface area contributed by atoms with Gasteiger partial charge in [0.2, 0.25) is 0 Å². The molecular weight excluding hydrogens is 296 g/mol.